The first kappa shape index (κ1) is 8.00. The Bertz CT molecular complexity index is 475. The number of oxazole rings is 1. The van der Waals surface area contributed by atoms with Crippen LogP contribution in [-0.2, 0) is 11.2 Å². The molecule has 0 fully saturated rings. The smallest absolute Gasteiger partial charge is 0.352 e. The molecule has 2 aromatic rings. The summed E-state index contributed by atoms with van der Waals surface area (Å²) in [7, 11) is 0. The monoisotopic (exact) mass is 190 g/mol. The molecule has 1 aliphatic heterocycles. The summed E-state index contributed by atoms with van der Waals surface area (Å²) in [6.45, 7) is 2.80. The molecule has 2 heterocycles. The first-order valence-electron chi connectivity index (χ1n) is 4.90. The lowest BCUT2D eigenvalue weighted by Gasteiger charge is -2.11. The lowest BCUT2D eigenvalue weighted by Crippen LogP contribution is -2.45. The van der Waals surface area contributed by atoms with Gasteiger partial charge in [-0.05, 0) is 6.07 Å². The van der Waals surface area contributed by atoms with Crippen molar-refractivity contribution in [3.8, 4) is 0 Å². The fraction of sp³-hybridized carbons (Fsp3) is 0.364. The average Bonchev–Trinajstić information content (AvgIpc) is 2.57. The molecule has 1 aliphatic rings. The van der Waals surface area contributed by atoms with E-state index in [9.17, 15) is 0 Å². The predicted octanol–water partition coefficient (Wildman–Crippen LogP) is 1.81. The van der Waals surface area contributed by atoms with E-state index in [-0.39, 0.29) is 6.23 Å². The highest BCUT2D eigenvalue weighted by Crippen LogP contribution is 2.19. The first-order chi connectivity index (χ1) is 6.86. The van der Waals surface area contributed by atoms with Crippen LogP contribution in [0.2, 0.25) is 0 Å². The Labute approximate surface area is 81.9 Å². The van der Waals surface area contributed by atoms with Crippen LogP contribution in [0.4, 0.5) is 0 Å². The molecule has 1 unspecified atom stereocenters. The lowest BCUT2D eigenvalue weighted by molar-refractivity contribution is -0.755. The third-order valence-electron chi connectivity index (χ3n) is 2.66. The molecule has 1 aromatic carbocycles. The van der Waals surface area contributed by atoms with E-state index in [0.29, 0.717) is 0 Å². The molecule has 0 spiro atoms. The minimum Gasteiger partial charge on any atom is -0.401 e. The summed E-state index contributed by atoms with van der Waals surface area (Å²) in [5.74, 6) is 1.02. The molecule has 0 amide bonds. The minimum atomic E-state index is 0.0856. The van der Waals surface area contributed by atoms with E-state index in [1.165, 1.54) is 0 Å². The van der Waals surface area contributed by atoms with E-state index in [1.807, 2.05) is 25.1 Å². The zero-order valence-corrected chi connectivity index (χ0v) is 8.06. The van der Waals surface area contributed by atoms with Gasteiger partial charge in [-0.25, -0.2) is 0 Å². The predicted molar refractivity (Wildman–Crippen MR) is 50.8 cm³/mol. The van der Waals surface area contributed by atoms with Crippen LogP contribution in [0.25, 0.3) is 11.1 Å². The summed E-state index contributed by atoms with van der Waals surface area (Å²) >= 11 is 0. The summed E-state index contributed by atoms with van der Waals surface area (Å²) in [5, 5.41) is 0. The van der Waals surface area contributed by atoms with Gasteiger partial charge in [0.2, 0.25) is 5.58 Å². The average molecular weight is 190 g/mol. The highest BCUT2D eigenvalue weighted by molar-refractivity contribution is 5.68. The quantitative estimate of drug-likeness (QED) is 0.592. The second-order valence-corrected chi connectivity index (χ2v) is 3.55. The largest absolute Gasteiger partial charge is 0.401 e. The van der Waals surface area contributed by atoms with Crippen molar-refractivity contribution in [3.63, 3.8) is 0 Å². The molecule has 0 radical (unpaired) electrons. The number of fused-ring (bicyclic) bond motifs is 3. The van der Waals surface area contributed by atoms with Gasteiger partial charge in [-0.3, -0.25) is 0 Å². The van der Waals surface area contributed by atoms with Crippen molar-refractivity contribution in [2.75, 3.05) is 6.61 Å². The molecule has 0 bridgehead atoms. The number of benzene rings is 1. The Hall–Kier alpha value is -1.35. The van der Waals surface area contributed by atoms with E-state index in [1.54, 1.807) is 0 Å². The van der Waals surface area contributed by atoms with Crippen LogP contribution in [0, 0.1) is 0 Å². The van der Waals surface area contributed by atoms with Gasteiger partial charge in [-0.1, -0.05) is 12.1 Å². The molecule has 72 valence electrons. The summed E-state index contributed by atoms with van der Waals surface area (Å²) in [6, 6.07) is 8.07. The highest BCUT2D eigenvalue weighted by atomic mass is 16.5. The van der Waals surface area contributed by atoms with Crippen LogP contribution < -0.4 is 4.57 Å². The van der Waals surface area contributed by atoms with E-state index < -0.39 is 0 Å². The Kier molecular flexibility index (Phi) is 1.61. The SMILES string of the molecule is CC1OCCc2oc3ccccc3[n+]21. The number of hydrogen-bond acceptors (Lipinski definition) is 2. The third kappa shape index (κ3) is 0.990. The molecule has 0 saturated carbocycles. The fourth-order valence-electron chi connectivity index (χ4n) is 2.01. The standard InChI is InChI=1S/C11H12NO2/c1-8-12-9-4-2-3-5-10(9)14-11(12)6-7-13-8/h2-5,8H,6-7H2,1H3/q+1. The summed E-state index contributed by atoms with van der Waals surface area (Å²) < 4.78 is 13.4. The number of aromatic nitrogens is 1. The van der Waals surface area contributed by atoms with Crippen LogP contribution in [0.5, 0.6) is 0 Å². The molecule has 3 heteroatoms. The maximum atomic E-state index is 5.74. The Morgan fingerprint density at radius 2 is 2.21 bits per heavy atom. The van der Waals surface area contributed by atoms with Crippen molar-refractivity contribution in [1.29, 1.82) is 0 Å². The molecule has 3 rings (SSSR count). The summed E-state index contributed by atoms with van der Waals surface area (Å²) in [4.78, 5) is 0. The van der Waals surface area contributed by atoms with Gasteiger partial charge in [0.25, 0.3) is 11.7 Å². The minimum absolute atomic E-state index is 0.0856. The van der Waals surface area contributed by atoms with Crippen molar-refractivity contribution in [3.05, 3.63) is 30.2 Å². The number of rotatable bonds is 0. The van der Waals surface area contributed by atoms with Crippen molar-refractivity contribution in [2.24, 2.45) is 0 Å². The van der Waals surface area contributed by atoms with E-state index >= 15 is 0 Å². The van der Waals surface area contributed by atoms with Gasteiger partial charge in [0.05, 0.1) is 13.0 Å². The molecule has 3 nitrogen and oxygen atoms in total. The Balaban J connectivity index is 2.34. The van der Waals surface area contributed by atoms with Gasteiger partial charge in [-0.15, -0.1) is 4.57 Å². The first-order valence-corrected chi connectivity index (χ1v) is 4.90. The topological polar surface area (TPSA) is 26.2 Å². The number of hydrogen-bond donors (Lipinski definition) is 0. The van der Waals surface area contributed by atoms with Crippen molar-refractivity contribution < 1.29 is 13.7 Å². The van der Waals surface area contributed by atoms with E-state index in [2.05, 4.69) is 10.6 Å². The number of ether oxygens (including phenoxy) is 1. The lowest BCUT2D eigenvalue weighted by atomic mass is 10.3. The number of nitrogens with zero attached hydrogens (tertiary/aromatic N) is 1. The second kappa shape index (κ2) is 2.82. The van der Waals surface area contributed by atoms with Gasteiger partial charge < -0.3 is 9.15 Å². The Morgan fingerprint density at radius 1 is 1.36 bits per heavy atom. The van der Waals surface area contributed by atoms with Crippen LogP contribution in [0.15, 0.2) is 28.7 Å². The summed E-state index contributed by atoms with van der Waals surface area (Å²) in [6.07, 6.45) is 0.946. The van der Waals surface area contributed by atoms with Crippen LogP contribution in [0.3, 0.4) is 0 Å². The van der Waals surface area contributed by atoms with Gasteiger partial charge >= 0.3 is 5.89 Å². The molecule has 1 atom stereocenters. The van der Waals surface area contributed by atoms with Crippen molar-refractivity contribution in [1.82, 2.24) is 0 Å². The Morgan fingerprint density at radius 3 is 3.14 bits per heavy atom. The maximum absolute atomic E-state index is 5.74. The number of para-hydroxylation sites is 2. The van der Waals surface area contributed by atoms with Crippen LogP contribution in [-0.4, -0.2) is 6.61 Å². The zero-order chi connectivity index (χ0) is 9.54. The zero-order valence-electron chi connectivity index (χ0n) is 8.06. The second-order valence-electron chi connectivity index (χ2n) is 3.55. The molecular formula is C11H12NO2+. The summed E-state index contributed by atoms with van der Waals surface area (Å²) in [5.41, 5.74) is 2.06. The third-order valence-corrected chi connectivity index (χ3v) is 2.66. The van der Waals surface area contributed by atoms with E-state index in [4.69, 9.17) is 9.15 Å². The molecule has 0 N–H and O–H groups in total. The maximum Gasteiger partial charge on any atom is 0.352 e. The fourth-order valence-corrected chi connectivity index (χ4v) is 2.01. The molecule has 14 heavy (non-hydrogen) atoms. The van der Waals surface area contributed by atoms with Gasteiger partial charge in [-0.2, -0.15) is 0 Å². The van der Waals surface area contributed by atoms with Crippen molar-refractivity contribution >= 4 is 11.1 Å². The van der Waals surface area contributed by atoms with E-state index in [0.717, 1.165) is 30.0 Å². The van der Waals surface area contributed by atoms with Crippen LogP contribution in [0.1, 0.15) is 19.0 Å². The van der Waals surface area contributed by atoms with Crippen LogP contribution >= 0.6 is 0 Å². The van der Waals surface area contributed by atoms with Gasteiger partial charge in [0, 0.05) is 13.0 Å². The molecule has 0 saturated heterocycles. The van der Waals surface area contributed by atoms with Crippen molar-refractivity contribution in [2.45, 2.75) is 19.6 Å². The highest BCUT2D eigenvalue weighted by Gasteiger charge is 2.31. The van der Waals surface area contributed by atoms with Gasteiger partial charge in [0.15, 0.2) is 0 Å². The molecule has 1 aromatic heterocycles. The van der Waals surface area contributed by atoms with Gasteiger partial charge in [0.1, 0.15) is 0 Å². The molecular weight excluding hydrogens is 178 g/mol. The normalized spacial score (nSPS) is 21.1. The molecule has 0 aliphatic carbocycles.